The standard InChI is InChI=1S/C14H21N5O4/c1-4-8-17-12(15-2)9-13(18-8)19(6-16-9)14-11(21)10(20)7(23-14)5-22-3/h6-7,10-11,14,20-21H,4-5H2,1-3H3,(H,15,17,18). The largest absolute Gasteiger partial charge is 0.387 e. The van der Waals surface area contributed by atoms with Gasteiger partial charge in [-0.25, -0.2) is 15.0 Å². The van der Waals surface area contributed by atoms with Gasteiger partial charge >= 0.3 is 0 Å². The Kier molecular flexibility index (Phi) is 4.44. The number of aliphatic hydroxyl groups excluding tert-OH is 2. The number of ether oxygens (including phenoxy) is 2. The van der Waals surface area contributed by atoms with E-state index in [-0.39, 0.29) is 6.61 Å². The summed E-state index contributed by atoms with van der Waals surface area (Å²) < 4.78 is 12.4. The highest BCUT2D eigenvalue weighted by Crippen LogP contribution is 2.32. The normalized spacial score (nSPS) is 27.7. The number of aromatic nitrogens is 4. The molecule has 0 saturated carbocycles. The van der Waals surface area contributed by atoms with Gasteiger partial charge in [-0.15, -0.1) is 0 Å². The molecular weight excluding hydrogens is 302 g/mol. The number of imidazole rings is 1. The van der Waals surface area contributed by atoms with E-state index >= 15 is 0 Å². The lowest BCUT2D eigenvalue weighted by Crippen LogP contribution is -2.33. The van der Waals surface area contributed by atoms with Gasteiger partial charge in [-0.1, -0.05) is 6.92 Å². The molecule has 1 saturated heterocycles. The van der Waals surface area contributed by atoms with Crippen LogP contribution in [0, 0.1) is 0 Å². The number of hydrogen-bond donors (Lipinski definition) is 3. The highest BCUT2D eigenvalue weighted by molar-refractivity contribution is 5.83. The zero-order chi connectivity index (χ0) is 16.6. The second-order valence-electron chi connectivity index (χ2n) is 5.42. The van der Waals surface area contributed by atoms with E-state index < -0.39 is 24.5 Å². The first-order chi connectivity index (χ1) is 11.1. The molecule has 3 rings (SSSR count). The third kappa shape index (κ3) is 2.65. The van der Waals surface area contributed by atoms with Crippen molar-refractivity contribution < 1.29 is 19.7 Å². The molecule has 1 aliphatic heterocycles. The Morgan fingerprint density at radius 3 is 2.78 bits per heavy atom. The molecule has 2 aromatic rings. The highest BCUT2D eigenvalue weighted by atomic mass is 16.6. The van der Waals surface area contributed by atoms with Crippen LogP contribution in [-0.4, -0.2) is 68.8 Å². The Balaban J connectivity index is 2.03. The first-order valence-corrected chi connectivity index (χ1v) is 7.52. The molecule has 0 aliphatic carbocycles. The molecule has 1 fully saturated rings. The summed E-state index contributed by atoms with van der Waals surface area (Å²) in [5.41, 5.74) is 1.14. The zero-order valence-corrected chi connectivity index (χ0v) is 13.3. The molecule has 0 radical (unpaired) electrons. The molecule has 0 spiro atoms. The predicted octanol–water partition coefficient (Wildman–Crippen LogP) is -0.304. The van der Waals surface area contributed by atoms with Crippen molar-refractivity contribution in [1.82, 2.24) is 19.5 Å². The van der Waals surface area contributed by atoms with Crippen molar-refractivity contribution in [3.63, 3.8) is 0 Å². The lowest BCUT2D eigenvalue weighted by molar-refractivity contribution is -0.0580. The van der Waals surface area contributed by atoms with Crippen molar-refractivity contribution >= 4 is 17.0 Å². The first-order valence-electron chi connectivity index (χ1n) is 7.52. The quantitative estimate of drug-likeness (QED) is 0.687. The van der Waals surface area contributed by atoms with E-state index in [1.807, 2.05) is 6.92 Å². The lowest BCUT2D eigenvalue weighted by atomic mass is 10.1. The van der Waals surface area contributed by atoms with Crippen LogP contribution in [0.5, 0.6) is 0 Å². The Bertz CT molecular complexity index is 691. The van der Waals surface area contributed by atoms with E-state index in [9.17, 15) is 10.2 Å². The second-order valence-corrected chi connectivity index (χ2v) is 5.42. The molecule has 23 heavy (non-hydrogen) atoms. The topological polar surface area (TPSA) is 115 Å². The highest BCUT2D eigenvalue weighted by Gasteiger charge is 2.44. The van der Waals surface area contributed by atoms with Gasteiger partial charge in [-0.3, -0.25) is 4.57 Å². The minimum Gasteiger partial charge on any atom is -0.387 e. The van der Waals surface area contributed by atoms with Crippen molar-refractivity contribution in [3.8, 4) is 0 Å². The van der Waals surface area contributed by atoms with Crippen LogP contribution in [0.25, 0.3) is 11.2 Å². The lowest BCUT2D eigenvalue weighted by Gasteiger charge is -2.17. The number of hydrogen-bond acceptors (Lipinski definition) is 8. The maximum atomic E-state index is 10.3. The maximum absolute atomic E-state index is 10.3. The summed E-state index contributed by atoms with van der Waals surface area (Å²) in [6, 6.07) is 0. The van der Waals surface area contributed by atoms with Gasteiger partial charge in [0.25, 0.3) is 0 Å². The molecule has 4 unspecified atom stereocenters. The third-order valence-corrected chi connectivity index (χ3v) is 3.96. The van der Waals surface area contributed by atoms with Crippen LogP contribution in [0.15, 0.2) is 6.33 Å². The SMILES string of the molecule is CCc1nc(NC)c2ncn(C3OC(COC)C(O)C3O)c2n1. The summed E-state index contributed by atoms with van der Waals surface area (Å²) in [4.78, 5) is 13.2. The number of aryl methyl sites for hydroxylation is 1. The monoisotopic (exact) mass is 323 g/mol. The number of methoxy groups -OCH3 is 1. The number of aliphatic hydroxyl groups is 2. The molecule has 9 nitrogen and oxygen atoms in total. The predicted molar refractivity (Wildman–Crippen MR) is 82.0 cm³/mol. The van der Waals surface area contributed by atoms with E-state index in [2.05, 4.69) is 20.3 Å². The molecular formula is C14H21N5O4. The Labute approximate surface area is 133 Å². The van der Waals surface area contributed by atoms with Gasteiger partial charge in [-0.2, -0.15) is 0 Å². The number of nitrogens with one attached hydrogen (secondary N) is 1. The van der Waals surface area contributed by atoms with Crippen molar-refractivity contribution in [1.29, 1.82) is 0 Å². The van der Waals surface area contributed by atoms with E-state index in [0.717, 1.165) is 0 Å². The molecule has 3 N–H and O–H groups in total. The van der Waals surface area contributed by atoms with Gasteiger partial charge in [-0.05, 0) is 0 Å². The van der Waals surface area contributed by atoms with Crippen molar-refractivity contribution in [2.75, 3.05) is 26.1 Å². The fourth-order valence-corrected chi connectivity index (χ4v) is 2.74. The molecule has 3 heterocycles. The second kappa shape index (κ2) is 6.36. The number of anilines is 1. The van der Waals surface area contributed by atoms with Crippen molar-refractivity contribution in [2.24, 2.45) is 0 Å². The van der Waals surface area contributed by atoms with Gasteiger partial charge < -0.3 is 25.0 Å². The molecule has 9 heteroatoms. The van der Waals surface area contributed by atoms with Crippen LogP contribution in [-0.2, 0) is 15.9 Å². The fourth-order valence-electron chi connectivity index (χ4n) is 2.74. The van der Waals surface area contributed by atoms with Crippen LogP contribution in [0.2, 0.25) is 0 Å². The number of rotatable bonds is 5. The van der Waals surface area contributed by atoms with Crippen LogP contribution >= 0.6 is 0 Å². The maximum Gasteiger partial charge on any atom is 0.167 e. The first kappa shape index (κ1) is 16.1. The average Bonchev–Trinajstić information content (AvgIpc) is 3.10. The summed E-state index contributed by atoms with van der Waals surface area (Å²) >= 11 is 0. The fraction of sp³-hybridized carbons (Fsp3) is 0.643. The summed E-state index contributed by atoms with van der Waals surface area (Å²) in [5.74, 6) is 1.28. The summed E-state index contributed by atoms with van der Waals surface area (Å²) in [5, 5.41) is 23.4. The molecule has 0 amide bonds. The van der Waals surface area contributed by atoms with Gasteiger partial charge in [0.15, 0.2) is 23.2 Å². The van der Waals surface area contributed by atoms with Gasteiger partial charge in [0.2, 0.25) is 0 Å². The van der Waals surface area contributed by atoms with E-state index in [1.165, 1.54) is 13.4 Å². The van der Waals surface area contributed by atoms with Gasteiger partial charge in [0.1, 0.15) is 24.1 Å². The Morgan fingerprint density at radius 1 is 1.35 bits per heavy atom. The minimum absolute atomic E-state index is 0.193. The zero-order valence-electron chi connectivity index (χ0n) is 13.3. The molecule has 0 bridgehead atoms. The van der Waals surface area contributed by atoms with E-state index in [4.69, 9.17) is 9.47 Å². The molecule has 126 valence electrons. The summed E-state index contributed by atoms with van der Waals surface area (Å²) in [6.07, 6.45) is -1.30. The van der Waals surface area contributed by atoms with E-state index in [0.29, 0.717) is 29.2 Å². The third-order valence-electron chi connectivity index (χ3n) is 3.96. The van der Waals surface area contributed by atoms with Crippen molar-refractivity contribution in [2.45, 2.75) is 37.9 Å². The van der Waals surface area contributed by atoms with Crippen LogP contribution in [0.3, 0.4) is 0 Å². The molecule has 2 aromatic heterocycles. The smallest absolute Gasteiger partial charge is 0.167 e. The Hall–Kier alpha value is -1.81. The van der Waals surface area contributed by atoms with Crippen LogP contribution in [0.4, 0.5) is 5.82 Å². The van der Waals surface area contributed by atoms with E-state index in [1.54, 1.807) is 11.6 Å². The molecule has 0 aromatic carbocycles. The van der Waals surface area contributed by atoms with Gasteiger partial charge in [0, 0.05) is 20.6 Å². The van der Waals surface area contributed by atoms with Gasteiger partial charge in [0.05, 0.1) is 12.9 Å². The Morgan fingerprint density at radius 2 is 2.13 bits per heavy atom. The van der Waals surface area contributed by atoms with Crippen LogP contribution in [0.1, 0.15) is 19.0 Å². The summed E-state index contributed by atoms with van der Waals surface area (Å²) in [7, 11) is 3.28. The average molecular weight is 323 g/mol. The minimum atomic E-state index is -1.09. The summed E-state index contributed by atoms with van der Waals surface area (Å²) in [6.45, 7) is 2.15. The van der Waals surface area contributed by atoms with Crippen LogP contribution < -0.4 is 5.32 Å². The number of fused-ring (bicyclic) bond motifs is 1. The molecule has 1 aliphatic rings. The van der Waals surface area contributed by atoms with Crippen molar-refractivity contribution in [3.05, 3.63) is 12.2 Å². The molecule has 4 atom stereocenters. The number of nitrogens with zero attached hydrogens (tertiary/aromatic N) is 4.